The van der Waals surface area contributed by atoms with E-state index in [1.807, 2.05) is 37.3 Å². The molecule has 42 heavy (non-hydrogen) atoms. The number of non-ortho nitro benzene ring substituents is 1. The number of carbonyl (C=O) groups is 1. The summed E-state index contributed by atoms with van der Waals surface area (Å²) in [5.41, 5.74) is 3.81. The molecule has 0 fully saturated rings. The molecule has 4 aromatic carbocycles. The second-order valence-corrected chi connectivity index (χ2v) is 10.3. The van der Waals surface area contributed by atoms with Gasteiger partial charge in [-0.2, -0.15) is 5.26 Å². The Morgan fingerprint density at radius 3 is 2.38 bits per heavy atom. The number of benzene rings is 4. The number of nitro groups is 1. The van der Waals surface area contributed by atoms with Crippen molar-refractivity contribution in [2.75, 3.05) is 12.4 Å². The van der Waals surface area contributed by atoms with Gasteiger partial charge < -0.3 is 19.5 Å². The van der Waals surface area contributed by atoms with Crippen molar-refractivity contribution in [2.24, 2.45) is 0 Å². The van der Waals surface area contributed by atoms with Crippen molar-refractivity contribution in [1.82, 2.24) is 0 Å². The average Bonchev–Trinajstić information content (AvgIpc) is 2.99. The molecule has 0 aliphatic rings. The second-order valence-electron chi connectivity index (χ2n) is 9.17. The van der Waals surface area contributed by atoms with Crippen LogP contribution in [-0.4, -0.2) is 17.9 Å². The largest absolute Gasteiger partial charge is 0.493 e. The third-order valence-electron chi connectivity index (χ3n) is 6.07. The number of anilines is 1. The van der Waals surface area contributed by atoms with Crippen LogP contribution in [0.4, 0.5) is 11.4 Å². The Labute approximate surface area is 256 Å². The van der Waals surface area contributed by atoms with Crippen molar-refractivity contribution >= 4 is 45.9 Å². The Morgan fingerprint density at radius 2 is 1.71 bits per heavy atom. The zero-order chi connectivity index (χ0) is 30.1. The summed E-state index contributed by atoms with van der Waals surface area (Å²) in [5, 5.41) is 23.5. The summed E-state index contributed by atoms with van der Waals surface area (Å²) in [6.07, 6.45) is 1.46. The van der Waals surface area contributed by atoms with Crippen molar-refractivity contribution in [3.8, 4) is 23.3 Å². The van der Waals surface area contributed by atoms with Crippen LogP contribution < -0.4 is 19.5 Å². The van der Waals surface area contributed by atoms with Crippen LogP contribution in [0.3, 0.4) is 0 Å². The van der Waals surface area contributed by atoms with E-state index < -0.39 is 10.8 Å². The summed E-state index contributed by atoms with van der Waals surface area (Å²) >= 11 is 2.07. The van der Waals surface area contributed by atoms with E-state index in [9.17, 15) is 20.2 Å². The first kappa shape index (κ1) is 30.1. The SMILES string of the molecule is COc1cc(/C=C(\C#N)C(=O)Nc2ccc(OCc3ccc(C)cc3)cc2)cc(I)c1OCc1cccc([N+](=O)[O-])c1. The standard InChI is InChI=1S/C32H26IN3O6/c1-21-6-8-22(9-7-21)19-41-28-12-10-26(11-13-28)35-32(37)25(18-34)14-24-16-29(33)31(30(17-24)40-2)42-20-23-4-3-5-27(15-23)36(38)39/h3-17H,19-20H2,1-2H3,(H,35,37)/b25-14+. The van der Waals surface area contributed by atoms with Crippen LogP contribution in [0.2, 0.25) is 0 Å². The van der Waals surface area contributed by atoms with Crippen LogP contribution in [-0.2, 0) is 18.0 Å². The van der Waals surface area contributed by atoms with Crippen molar-refractivity contribution in [1.29, 1.82) is 5.26 Å². The van der Waals surface area contributed by atoms with Gasteiger partial charge in [-0.25, -0.2) is 0 Å². The highest BCUT2D eigenvalue weighted by Crippen LogP contribution is 2.35. The third kappa shape index (κ3) is 8.08. The number of hydrogen-bond acceptors (Lipinski definition) is 7. The van der Waals surface area contributed by atoms with E-state index >= 15 is 0 Å². The van der Waals surface area contributed by atoms with Gasteiger partial charge in [0.2, 0.25) is 0 Å². The number of methoxy groups -OCH3 is 1. The van der Waals surface area contributed by atoms with Crippen LogP contribution in [0.1, 0.15) is 22.3 Å². The Kier molecular flexibility index (Phi) is 10.1. The van der Waals surface area contributed by atoms with E-state index in [1.165, 1.54) is 30.9 Å². The highest BCUT2D eigenvalue weighted by molar-refractivity contribution is 14.1. The van der Waals surface area contributed by atoms with Gasteiger partial charge in [0.1, 0.15) is 30.6 Å². The van der Waals surface area contributed by atoms with Gasteiger partial charge >= 0.3 is 0 Å². The predicted molar refractivity (Wildman–Crippen MR) is 167 cm³/mol. The van der Waals surface area contributed by atoms with E-state index in [1.54, 1.807) is 48.5 Å². The van der Waals surface area contributed by atoms with E-state index in [4.69, 9.17) is 14.2 Å². The number of carbonyl (C=O) groups excluding carboxylic acids is 1. The smallest absolute Gasteiger partial charge is 0.269 e. The van der Waals surface area contributed by atoms with Crippen molar-refractivity contribution in [2.45, 2.75) is 20.1 Å². The Hall–Kier alpha value is -4.89. The van der Waals surface area contributed by atoms with E-state index in [0.29, 0.717) is 44.2 Å². The number of halogens is 1. The van der Waals surface area contributed by atoms with Crippen LogP contribution >= 0.6 is 22.6 Å². The molecule has 1 amide bonds. The molecule has 1 N–H and O–H groups in total. The number of amides is 1. The number of rotatable bonds is 11. The van der Waals surface area contributed by atoms with Crippen LogP contribution in [0.25, 0.3) is 6.08 Å². The predicted octanol–water partition coefficient (Wildman–Crippen LogP) is 7.22. The monoisotopic (exact) mass is 675 g/mol. The first-order valence-electron chi connectivity index (χ1n) is 12.7. The average molecular weight is 675 g/mol. The molecule has 0 spiro atoms. The quantitative estimate of drug-likeness (QED) is 0.0586. The van der Waals surface area contributed by atoms with Crippen LogP contribution in [0.5, 0.6) is 17.2 Å². The van der Waals surface area contributed by atoms with E-state index in [0.717, 1.165) is 5.56 Å². The summed E-state index contributed by atoms with van der Waals surface area (Å²) in [5.74, 6) is 0.914. The lowest BCUT2D eigenvalue weighted by Gasteiger charge is -2.14. The minimum absolute atomic E-state index is 0.0250. The zero-order valence-corrected chi connectivity index (χ0v) is 25.0. The van der Waals surface area contributed by atoms with Crippen LogP contribution in [0, 0.1) is 31.9 Å². The van der Waals surface area contributed by atoms with Gasteiger partial charge in [0.25, 0.3) is 11.6 Å². The van der Waals surface area contributed by atoms with E-state index in [2.05, 4.69) is 27.9 Å². The minimum Gasteiger partial charge on any atom is -0.493 e. The summed E-state index contributed by atoms with van der Waals surface area (Å²) in [6.45, 7) is 2.54. The number of ether oxygens (including phenoxy) is 3. The molecule has 0 atom stereocenters. The number of nitrogens with one attached hydrogen (secondary N) is 1. The maximum Gasteiger partial charge on any atom is 0.269 e. The first-order chi connectivity index (χ1) is 20.2. The number of aryl methyl sites for hydroxylation is 1. The molecule has 4 rings (SSSR count). The second kappa shape index (κ2) is 14.1. The number of hydrogen-bond donors (Lipinski definition) is 1. The van der Waals surface area contributed by atoms with Gasteiger partial charge in [-0.15, -0.1) is 0 Å². The first-order valence-corrected chi connectivity index (χ1v) is 13.8. The summed E-state index contributed by atoms with van der Waals surface area (Å²) in [6, 6.07) is 26.5. The maximum absolute atomic E-state index is 12.9. The molecule has 10 heteroatoms. The lowest BCUT2D eigenvalue weighted by Crippen LogP contribution is -2.13. The van der Waals surface area contributed by atoms with Gasteiger partial charge in [0.15, 0.2) is 11.5 Å². The summed E-state index contributed by atoms with van der Waals surface area (Å²) < 4.78 is 17.9. The topological polar surface area (TPSA) is 124 Å². The zero-order valence-electron chi connectivity index (χ0n) is 22.8. The van der Waals surface area contributed by atoms with Gasteiger partial charge in [0, 0.05) is 17.8 Å². The van der Waals surface area contributed by atoms with Gasteiger partial charge in [-0.1, -0.05) is 42.0 Å². The lowest BCUT2D eigenvalue weighted by atomic mass is 10.1. The number of nitrogens with zero attached hydrogens (tertiary/aromatic N) is 2. The van der Waals surface area contributed by atoms with Crippen molar-refractivity contribution < 1.29 is 23.9 Å². The molecule has 9 nitrogen and oxygen atoms in total. The fourth-order valence-electron chi connectivity index (χ4n) is 3.88. The molecule has 212 valence electrons. The van der Waals surface area contributed by atoms with E-state index in [-0.39, 0.29) is 17.9 Å². The molecule has 0 aliphatic carbocycles. The minimum atomic E-state index is -0.564. The number of nitriles is 1. The van der Waals surface area contributed by atoms with Gasteiger partial charge in [0.05, 0.1) is 15.6 Å². The lowest BCUT2D eigenvalue weighted by molar-refractivity contribution is -0.384. The van der Waals surface area contributed by atoms with Crippen LogP contribution in [0.15, 0.2) is 90.5 Å². The molecule has 0 aliphatic heterocycles. The highest BCUT2D eigenvalue weighted by atomic mass is 127. The number of nitro benzene ring substituents is 1. The fraction of sp³-hybridized carbons (Fsp3) is 0.125. The summed E-state index contributed by atoms with van der Waals surface area (Å²) in [4.78, 5) is 23.5. The Morgan fingerprint density at radius 1 is 1.00 bits per heavy atom. The maximum atomic E-state index is 12.9. The molecular weight excluding hydrogens is 649 g/mol. The molecular formula is C32H26IN3O6. The van der Waals surface area contributed by atoms with Gasteiger partial charge in [-0.05, 0) is 88.7 Å². The molecule has 0 unspecified atom stereocenters. The van der Waals surface area contributed by atoms with Gasteiger partial charge in [-0.3, -0.25) is 14.9 Å². The highest BCUT2D eigenvalue weighted by Gasteiger charge is 2.15. The molecule has 0 saturated heterocycles. The molecule has 0 bridgehead atoms. The fourth-order valence-corrected chi connectivity index (χ4v) is 4.66. The van der Waals surface area contributed by atoms with Crippen molar-refractivity contribution in [3.05, 3.63) is 126 Å². The Balaban J connectivity index is 1.42. The normalized spacial score (nSPS) is 10.9. The summed E-state index contributed by atoms with van der Waals surface area (Å²) in [7, 11) is 1.48. The van der Waals surface area contributed by atoms with Crippen molar-refractivity contribution in [3.63, 3.8) is 0 Å². The molecule has 0 saturated carbocycles. The molecule has 0 aromatic heterocycles. The third-order valence-corrected chi connectivity index (χ3v) is 6.87. The Bertz CT molecular complexity index is 1660. The molecule has 0 radical (unpaired) electrons. The molecule has 0 heterocycles. The molecule has 4 aromatic rings.